The molecule has 0 rings (SSSR count). The number of carbonyl (C=O) groups excluding carboxylic acids is 3. The molecule has 1 amide bonds. The number of hydrogen-bond acceptors (Lipinski definition) is 6. The molecule has 0 aromatic heterocycles. The molecule has 0 fully saturated rings. The summed E-state index contributed by atoms with van der Waals surface area (Å²) < 4.78 is 9.59. The van der Waals surface area contributed by atoms with E-state index in [0.717, 1.165) is 4.90 Å². The van der Waals surface area contributed by atoms with E-state index >= 15 is 0 Å². The summed E-state index contributed by atoms with van der Waals surface area (Å²) in [5.74, 6) is -3.45. The number of nitrogens with zero attached hydrogens (tertiary/aromatic N) is 1. The van der Waals surface area contributed by atoms with Crippen molar-refractivity contribution < 1.29 is 33.8 Å². The molecule has 0 saturated heterocycles. The van der Waals surface area contributed by atoms with Gasteiger partial charge >= 0.3 is 17.9 Å². The average Bonchev–Trinajstić information content (AvgIpc) is 2.33. The van der Waals surface area contributed by atoms with Crippen molar-refractivity contribution in [3.63, 3.8) is 0 Å². The highest BCUT2D eigenvalue weighted by atomic mass is 16.6. The van der Waals surface area contributed by atoms with Crippen LogP contribution < -0.4 is 0 Å². The van der Waals surface area contributed by atoms with Gasteiger partial charge in [-0.1, -0.05) is 0 Å². The Balaban J connectivity index is 4.39. The van der Waals surface area contributed by atoms with E-state index in [-0.39, 0.29) is 12.6 Å². The van der Waals surface area contributed by atoms with Crippen molar-refractivity contribution in [2.75, 3.05) is 13.6 Å². The highest BCUT2D eigenvalue weighted by Gasteiger charge is 2.23. The van der Waals surface area contributed by atoms with Gasteiger partial charge in [-0.2, -0.15) is 0 Å². The molecule has 0 aromatic rings. The van der Waals surface area contributed by atoms with E-state index in [0.29, 0.717) is 12.2 Å². The molecule has 0 aliphatic carbocycles. The largest absolute Gasteiger partial charge is 0.478 e. The van der Waals surface area contributed by atoms with E-state index in [4.69, 9.17) is 14.6 Å². The summed E-state index contributed by atoms with van der Waals surface area (Å²) in [6.07, 6.45) is -0.146. The van der Waals surface area contributed by atoms with Crippen LogP contribution in [0.4, 0.5) is 0 Å². The van der Waals surface area contributed by atoms with Crippen molar-refractivity contribution in [2.45, 2.75) is 33.0 Å². The number of amides is 1. The maximum atomic E-state index is 11.8. The van der Waals surface area contributed by atoms with E-state index in [9.17, 15) is 19.2 Å². The maximum absolute atomic E-state index is 11.8. The summed E-state index contributed by atoms with van der Waals surface area (Å²) in [5.41, 5.74) is 0. The van der Waals surface area contributed by atoms with Crippen LogP contribution in [0.5, 0.6) is 0 Å². The fourth-order valence-electron chi connectivity index (χ4n) is 1.29. The predicted octanol–water partition coefficient (Wildman–Crippen LogP) is -0.0311. The van der Waals surface area contributed by atoms with E-state index in [1.165, 1.54) is 14.0 Å². The normalized spacial score (nSPS) is 12.0. The highest BCUT2D eigenvalue weighted by molar-refractivity contribution is 5.92. The van der Waals surface area contributed by atoms with Crippen LogP contribution in [0.2, 0.25) is 0 Å². The lowest BCUT2D eigenvalue weighted by Gasteiger charge is -2.20. The van der Waals surface area contributed by atoms with Crippen molar-refractivity contribution in [1.82, 2.24) is 4.90 Å². The molecule has 1 N–H and O–H groups in total. The van der Waals surface area contributed by atoms with Crippen molar-refractivity contribution in [3.05, 3.63) is 12.2 Å². The Labute approximate surface area is 122 Å². The molecule has 0 heterocycles. The van der Waals surface area contributed by atoms with E-state index < -0.39 is 29.9 Å². The van der Waals surface area contributed by atoms with Gasteiger partial charge in [-0.25, -0.2) is 9.59 Å². The third-order valence-corrected chi connectivity index (χ3v) is 2.11. The summed E-state index contributed by atoms with van der Waals surface area (Å²) in [7, 11) is 1.36. The lowest BCUT2D eigenvalue weighted by Crippen LogP contribution is -2.40. The van der Waals surface area contributed by atoms with Crippen molar-refractivity contribution in [3.8, 4) is 0 Å². The molecule has 118 valence electrons. The number of hydrogen-bond donors (Lipinski definition) is 1. The summed E-state index contributed by atoms with van der Waals surface area (Å²) in [5, 5.41) is 8.34. The molecule has 8 heteroatoms. The molecule has 0 bridgehead atoms. The second kappa shape index (κ2) is 8.72. The Morgan fingerprint density at radius 3 is 2.14 bits per heavy atom. The maximum Gasteiger partial charge on any atom is 0.331 e. The van der Waals surface area contributed by atoms with Gasteiger partial charge in [-0.15, -0.1) is 0 Å². The number of carboxylic acid groups (broad SMARTS) is 1. The number of carbonyl (C=O) groups is 4. The summed E-state index contributed by atoms with van der Waals surface area (Å²) in [6, 6.07) is 0. The lowest BCUT2D eigenvalue weighted by atomic mass is 10.3. The first-order valence-electron chi connectivity index (χ1n) is 6.19. The number of rotatable bonds is 7. The van der Waals surface area contributed by atoms with Crippen LogP contribution in [-0.2, 0) is 28.7 Å². The smallest absolute Gasteiger partial charge is 0.331 e. The molecule has 0 spiro atoms. The molecule has 21 heavy (non-hydrogen) atoms. The van der Waals surface area contributed by atoms with Gasteiger partial charge in [0.15, 0.2) is 6.10 Å². The second-order valence-corrected chi connectivity index (χ2v) is 4.48. The first kappa shape index (κ1) is 18.6. The summed E-state index contributed by atoms with van der Waals surface area (Å²) in [4.78, 5) is 45.7. The van der Waals surface area contributed by atoms with Crippen LogP contribution in [0.15, 0.2) is 12.2 Å². The van der Waals surface area contributed by atoms with Crippen LogP contribution >= 0.6 is 0 Å². The van der Waals surface area contributed by atoms with E-state index in [1.807, 2.05) is 0 Å². The van der Waals surface area contributed by atoms with Crippen LogP contribution in [0.1, 0.15) is 20.8 Å². The van der Waals surface area contributed by atoms with Gasteiger partial charge in [0.05, 0.1) is 6.10 Å². The third-order valence-electron chi connectivity index (χ3n) is 2.11. The predicted molar refractivity (Wildman–Crippen MR) is 71.2 cm³/mol. The Bertz CT molecular complexity index is 442. The minimum absolute atomic E-state index is 0.274. The average molecular weight is 301 g/mol. The Hall–Kier alpha value is -2.38. The fraction of sp³-hybridized carbons (Fsp3) is 0.538. The highest BCUT2D eigenvalue weighted by Crippen LogP contribution is 2.00. The van der Waals surface area contributed by atoms with Gasteiger partial charge < -0.3 is 19.5 Å². The quantitative estimate of drug-likeness (QED) is 0.519. The van der Waals surface area contributed by atoms with Gasteiger partial charge in [0, 0.05) is 19.2 Å². The fourth-order valence-corrected chi connectivity index (χ4v) is 1.29. The van der Waals surface area contributed by atoms with Gasteiger partial charge in [0.25, 0.3) is 5.91 Å². The van der Waals surface area contributed by atoms with Crippen molar-refractivity contribution >= 4 is 23.8 Å². The number of esters is 2. The third kappa shape index (κ3) is 8.40. The zero-order chi connectivity index (χ0) is 16.6. The Morgan fingerprint density at radius 2 is 1.67 bits per heavy atom. The van der Waals surface area contributed by atoms with Gasteiger partial charge in [-0.05, 0) is 20.8 Å². The first-order chi connectivity index (χ1) is 9.63. The zero-order valence-electron chi connectivity index (χ0n) is 12.4. The summed E-state index contributed by atoms with van der Waals surface area (Å²) >= 11 is 0. The molecular weight excluding hydrogens is 282 g/mol. The molecule has 0 saturated carbocycles. The number of aliphatic carboxylic acids is 1. The summed E-state index contributed by atoms with van der Waals surface area (Å²) in [6.45, 7) is 4.40. The first-order valence-corrected chi connectivity index (χ1v) is 6.19. The molecule has 1 unspecified atom stereocenters. The van der Waals surface area contributed by atoms with Crippen LogP contribution in [0.25, 0.3) is 0 Å². The van der Waals surface area contributed by atoms with E-state index in [1.54, 1.807) is 13.8 Å². The molecule has 0 aromatic carbocycles. The second-order valence-electron chi connectivity index (χ2n) is 4.48. The molecule has 0 radical (unpaired) electrons. The molecule has 8 nitrogen and oxygen atoms in total. The molecule has 0 aliphatic heterocycles. The van der Waals surface area contributed by atoms with Crippen LogP contribution in [-0.4, -0.2) is 59.6 Å². The number of ether oxygens (including phenoxy) is 2. The zero-order valence-corrected chi connectivity index (χ0v) is 12.4. The Kier molecular flexibility index (Phi) is 7.74. The number of likely N-dealkylation sites (N-methyl/N-ethyl adjacent to an activating group) is 1. The standard InChI is InChI=1S/C13H19NO7/c1-8(2)20-12(18)7-14(4)13(19)9(3)21-11(17)6-5-10(15)16/h5-6,8-9H,7H2,1-4H3,(H,15,16)/b6-5+. The van der Waals surface area contributed by atoms with Gasteiger partial charge in [0.1, 0.15) is 6.54 Å². The minimum atomic E-state index is -1.31. The van der Waals surface area contributed by atoms with Gasteiger partial charge in [-0.3, -0.25) is 9.59 Å². The Morgan fingerprint density at radius 1 is 1.10 bits per heavy atom. The van der Waals surface area contributed by atoms with Crippen LogP contribution in [0, 0.1) is 0 Å². The SMILES string of the molecule is CC(C)OC(=O)CN(C)C(=O)C(C)OC(=O)/C=C/C(=O)O. The van der Waals surface area contributed by atoms with Crippen molar-refractivity contribution in [1.29, 1.82) is 0 Å². The van der Waals surface area contributed by atoms with Crippen LogP contribution in [0.3, 0.4) is 0 Å². The molecule has 0 aliphatic rings. The molecule has 1 atom stereocenters. The van der Waals surface area contributed by atoms with Crippen molar-refractivity contribution in [2.24, 2.45) is 0 Å². The van der Waals surface area contributed by atoms with E-state index in [2.05, 4.69) is 0 Å². The monoisotopic (exact) mass is 301 g/mol. The lowest BCUT2D eigenvalue weighted by molar-refractivity contribution is -0.158. The van der Waals surface area contributed by atoms with Gasteiger partial charge in [0.2, 0.25) is 0 Å². The topological polar surface area (TPSA) is 110 Å². The minimum Gasteiger partial charge on any atom is -0.478 e. The number of carboxylic acids is 1. The molecular formula is C13H19NO7.